The van der Waals surface area contributed by atoms with Crippen LogP contribution in [0.2, 0.25) is 0 Å². The van der Waals surface area contributed by atoms with Gasteiger partial charge in [-0.15, -0.1) is 0 Å². The Balaban J connectivity index is 3.89. The van der Waals surface area contributed by atoms with Crippen LogP contribution < -0.4 is 0 Å². The zero-order valence-corrected chi connectivity index (χ0v) is 8.16. The van der Waals surface area contributed by atoms with Crippen molar-refractivity contribution in [3.8, 4) is 0 Å². The molecule has 0 rings (SSSR count). The lowest BCUT2D eigenvalue weighted by Gasteiger charge is -2.10. The van der Waals surface area contributed by atoms with Gasteiger partial charge >= 0.3 is 0 Å². The molecule has 0 radical (unpaired) electrons. The van der Waals surface area contributed by atoms with Crippen molar-refractivity contribution in [3.05, 3.63) is 0 Å². The van der Waals surface area contributed by atoms with Gasteiger partial charge < -0.3 is 8.17 Å². The van der Waals surface area contributed by atoms with Crippen molar-refractivity contribution in [2.75, 3.05) is 6.61 Å². The molecule has 1 N–H and O–H groups in total. The summed E-state index contributed by atoms with van der Waals surface area (Å²) in [6, 6.07) is 0. The maximum atomic E-state index is 11.0. The van der Waals surface area contributed by atoms with E-state index in [9.17, 15) is 4.79 Å². The van der Waals surface area contributed by atoms with Crippen LogP contribution in [0.15, 0.2) is 0 Å². The fraction of sp³-hybridized carbons (Fsp3) is 0.833. The van der Waals surface area contributed by atoms with E-state index in [1.807, 2.05) is 0 Å². The van der Waals surface area contributed by atoms with Crippen LogP contribution in [0.1, 0.15) is 13.8 Å². The zero-order chi connectivity index (χ0) is 8.15. The highest BCUT2D eigenvalue weighted by Gasteiger charge is 2.19. The van der Waals surface area contributed by atoms with Crippen molar-refractivity contribution in [1.29, 1.82) is 0 Å². The fourth-order valence-corrected chi connectivity index (χ4v) is 0.945. The third-order valence-electron chi connectivity index (χ3n) is 1.16. The van der Waals surface area contributed by atoms with Gasteiger partial charge in [0.2, 0.25) is 0 Å². The van der Waals surface area contributed by atoms with Crippen LogP contribution in [0, 0.1) is 5.92 Å². The molecule has 10 heavy (non-hydrogen) atoms. The number of ketones is 1. The summed E-state index contributed by atoms with van der Waals surface area (Å²) >= 11 is 1.62. The Morgan fingerprint density at radius 1 is 1.70 bits per heavy atom. The van der Waals surface area contributed by atoms with Gasteiger partial charge in [-0.3, -0.25) is 4.79 Å². The Labute approximate surface area is 74.4 Å². The van der Waals surface area contributed by atoms with Crippen molar-refractivity contribution in [3.63, 3.8) is 0 Å². The van der Waals surface area contributed by atoms with E-state index < -0.39 is 6.10 Å². The lowest BCUT2D eigenvalue weighted by atomic mass is 10.1. The lowest BCUT2D eigenvalue weighted by molar-refractivity contribution is -0.129. The Kier molecular flexibility index (Phi) is 5.20. The third-order valence-corrected chi connectivity index (χ3v) is 1.77. The Bertz CT molecular complexity index is 110. The predicted molar refractivity (Wildman–Crippen MR) is 45.8 cm³/mol. The molecule has 0 saturated carbocycles. The molecule has 0 aromatic rings. The standard InChI is InChI=1S/C6H11IO3/c1-4(2)6(9)5(3-8)10-7/h4-5,8H,3H2,1-2H3. The van der Waals surface area contributed by atoms with E-state index in [1.54, 1.807) is 36.9 Å². The van der Waals surface area contributed by atoms with Crippen LogP contribution in [0.3, 0.4) is 0 Å². The van der Waals surface area contributed by atoms with E-state index >= 15 is 0 Å². The number of aliphatic hydroxyl groups is 1. The first-order valence-electron chi connectivity index (χ1n) is 3.05. The summed E-state index contributed by atoms with van der Waals surface area (Å²) in [5.74, 6) is -0.135. The average molecular weight is 258 g/mol. The van der Waals surface area contributed by atoms with E-state index in [0.29, 0.717) is 0 Å². The van der Waals surface area contributed by atoms with Crippen LogP contribution in [-0.2, 0) is 7.86 Å². The molecule has 0 spiro atoms. The van der Waals surface area contributed by atoms with Gasteiger partial charge in [0.1, 0.15) is 23.0 Å². The molecular weight excluding hydrogens is 247 g/mol. The minimum atomic E-state index is -0.652. The topological polar surface area (TPSA) is 46.5 Å². The number of hydrogen-bond acceptors (Lipinski definition) is 3. The first-order chi connectivity index (χ1) is 4.63. The molecule has 1 atom stereocenters. The van der Waals surface area contributed by atoms with Crippen molar-refractivity contribution in [2.45, 2.75) is 20.0 Å². The van der Waals surface area contributed by atoms with Crippen LogP contribution in [0.4, 0.5) is 0 Å². The molecule has 0 saturated heterocycles. The Morgan fingerprint density at radius 3 is 2.30 bits per heavy atom. The number of aliphatic hydroxyl groups excluding tert-OH is 1. The van der Waals surface area contributed by atoms with Gasteiger partial charge in [0.05, 0.1) is 6.61 Å². The average Bonchev–Trinajstić information content (AvgIpc) is 1.90. The van der Waals surface area contributed by atoms with Crippen molar-refractivity contribution in [1.82, 2.24) is 0 Å². The van der Waals surface area contributed by atoms with Crippen LogP contribution in [-0.4, -0.2) is 23.6 Å². The van der Waals surface area contributed by atoms with Crippen molar-refractivity contribution >= 4 is 28.8 Å². The molecule has 0 aliphatic carbocycles. The Hall–Kier alpha value is 0.320. The third kappa shape index (κ3) is 2.94. The molecule has 0 aliphatic rings. The molecule has 3 nitrogen and oxygen atoms in total. The van der Waals surface area contributed by atoms with Gasteiger partial charge in [-0.25, -0.2) is 0 Å². The van der Waals surface area contributed by atoms with Gasteiger partial charge in [-0.1, -0.05) is 13.8 Å². The number of Topliss-reactive ketones (excluding diaryl/α,β-unsaturated/α-hetero) is 1. The largest absolute Gasteiger partial charge is 0.393 e. The molecular formula is C6H11IO3. The molecule has 0 aromatic heterocycles. The molecule has 0 amide bonds. The summed E-state index contributed by atoms with van der Waals surface area (Å²) in [4.78, 5) is 11.0. The second-order valence-electron chi connectivity index (χ2n) is 2.32. The summed E-state index contributed by atoms with van der Waals surface area (Å²) < 4.78 is 4.69. The van der Waals surface area contributed by atoms with Crippen molar-refractivity contribution < 1.29 is 13.0 Å². The van der Waals surface area contributed by atoms with Gasteiger partial charge in [0.15, 0.2) is 11.9 Å². The predicted octanol–water partition coefficient (Wildman–Crippen LogP) is 0.939. The minimum absolute atomic E-state index is 0.0584. The molecule has 0 fully saturated rings. The van der Waals surface area contributed by atoms with Gasteiger partial charge in [-0.2, -0.15) is 0 Å². The maximum Gasteiger partial charge on any atom is 0.167 e. The SMILES string of the molecule is CC(C)C(=O)C(CO)OI. The molecule has 0 aromatic carbocycles. The molecule has 60 valence electrons. The summed E-state index contributed by atoms with van der Waals surface area (Å²) in [5.41, 5.74) is 0. The van der Waals surface area contributed by atoms with Gasteiger partial charge in [-0.05, 0) is 0 Å². The second kappa shape index (κ2) is 5.03. The van der Waals surface area contributed by atoms with Crippen LogP contribution in [0.25, 0.3) is 0 Å². The van der Waals surface area contributed by atoms with Crippen LogP contribution in [0.5, 0.6) is 0 Å². The smallest absolute Gasteiger partial charge is 0.167 e. The number of carbonyl (C=O) groups is 1. The zero-order valence-electron chi connectivity index (χ0n) is 6.00. The molecule has 0 bridgehead atoms. The molecule has 1 unspecified atom stereocenters. The van der Waals surface area contributed by atoms with Crippen molar-refractivity contribution in [2.24, 2.45) is 5.92 Å². The normalized spacial score (nSPS) is 13.7. The summed E-state index contributed by atoms with van der Waals surface area (Å²) in [6.07, 6.45) is -0.652. The van der Waals surface area contributed by atoms with Crippen LogP contribution >= 0.6 is 23.0 Å². The highest BCUT2D eigenvalue weighted by molar-refractivity contribution is 14.1. The molecule has 0 heterocycles. The fourth-order valence-electron chi connectivity index (χ4n) is 0.534. The summed E-state index contributed by atoms with van der Waals surface area (Å²) in [7, 11) is 0. The summed E-state index contributed by atoms with van der Waals surface area (Å²) in [6.45, 7) is 3.32. The minimum Gasteiger partial charge on any atom is -0.393 e. The van der Waals surface area contributed by atoms with E-state index in [4.69, 9.17) is 8.17 Å². The van der Waals surface area contributed by atoms with Gasteiger partial charge in [0.25, 0.3) is 0 Å². The summed E-state index contributed by atoms with van der Waals surface area (Å²) in [5, 5.41) is 8.59. The van der Waals surface area contributed by atoms with E-state index in [1.165, 1.54) is 0 Å². The number of halogens is 1. The molecule has 4 heteroatoms. The highest BCUT2D eigenvalue weighted by atomic mass is 127. The number of rotatable bonds is 4. The first-order valence-corrected chi connectivity index (χ1v) is 3.93. The highest BCUT2D eigenvalue weighted by Crippen LogP contribution is 2.05. The molecule has 0 aliphatic heterocycles. The second-order valence-corrected chi connectivity index (χ2v) is 2.83. The first kappa shape index (κ1) is 10.3. The lowest BCUT2D eigenvalue weighted by Crippen LogP contribution is -2.28. The van der Waals surface area contributed by atoms with E-state index in [0.717, 1.165) is 0 Å². The maximum absolute atomic E-state index is 11.0. The van der Waals surface area contributed by atoms with E-state index in [2.05, 4.69) is 0 Å². The van der Waals surface area contributed by atoms with E-state index in [-0.39, 0.29) is 18.3 Å². The Morgan fingerprint density at radius 2 is 2.20 bits per heavy atom. The number of hydrogen-bond donors (Lipinski definition) is 1. The monoisotopic (exact) mass is 258 g/mol. The quantitative estimate of drug-likeness (QED) is 0.763. The number of carbonyl (C=O) groups excluding carboxylic acids is 1. The van der Waals surface area contributed by atoms with Gasteiger partial charge in [0, 0.05) is 5.92 Å².